The second kappa shape index (κ2) is 4.64. The van der Waals surface area contributed by atoms with Gasteiger partial charge in [-0.25, -0.2) is 0 Å². The van der Waals surface area contributed by atoms with Crippen molar-refractivity contribution in [3.8, 4) is 0 Å². The maximum absolute atomic E-state index is 12.3. The molecule has 1 N–H and O–H groups in total. The van der Waals surface area contributed by atoms with Crippen LogP contribution in [0.5, 0.6) is 0 Å². The molecule has 0 aliphatic heterocycles. The van der Waals surface area contributed by atoms with Gasteiger partial charge in [0.2, 0.25) is 0 Å². The summed E-state index contributed by atoms with van der Waals surface area (Å²) in [6.07, 6.45) is 9.75. The summed E-state index contributed by atoms with van der Waals surface area (Å²) in [5.41, 5.74) is 2.14. The van der Waals surface area contributed by atoms with Crippen LogP contribution in [0.3, 0.4) is 0 Å². The molecule has 4 aliphatic rings. The average Bonchev–Trinajstić information content (AvgIpc) is 2.82. The van der Waals surface area contributed by atoms with Crippen molar-refractivity contribution in [2.45, 2.75) is 51.9 Å². The molecule has 4 atom stereocenters. The Bertz CT molecular complexity index is 614. The molecule has 0 radical (unpaired) electrons. The van der Waals surface area contributed by atoms with E-state index in [1.165, 1.54) is 5.57 Å². The van der Waals surface area contributed by atoms with Crippen molar-refractivity contribution in [2.75, 3.05) is 6.61 Å². The lowest BCUT2D eigenvalue weighted by molar-refractivity contribution is -0.127. The number of carbonyl (C=O) groups excluding carboxylic acids is 2. The smallest absolute Gasteiger partial charge is 0.155 e. The van der Waals surface area contributed by atoms with Gasteiger partial charge in [-0.15, -0.1) is 0 Å². The average molecular weight is 300 g/mol. The zero-order chi connectivity index (χ0) is 15.5. The van der Waals surface area contributed by atoms with Gasteiger partial charge in [0.05, 0.1) is 6.61 Å². The predicted molar refractivity (Wildman–Crippen MR) is 83.1 cm³/mol. The molecule has 2 saturated carbocycles. The summed E-state index contributed by atoms with van der Waals surface area (Å²) in [6.45, 7) is 2.27. The third-order valence-electron chi connectivity index (χ3n) is 7.12. The highest BCUT2D eigenvalue weighted by molar-refractivity contribution is 5.92. The summed E-state index contributed by atoms with van der Waals surface area (Å²) in [5.74, 6) is 1.32. The number of ketones is 2. The molecule has 0 spiro atoms. The fourth-order valence-electron chi connectivity index (χ4n) is 5.75. The molecule has 0 bridgehead atoms. The van der Waals surface area contributed by atoms with Crippen LogP contribution in [0.1, 0.15) is 51.9 Å². The van der Waals surface area contributed by atoms with Gasteiger partial charge < -0.3 is 5.11 Å². The van der Waals surface area contributed by atoms with E-state index in [0.29, 0.717) is 30.5 Å². The largest absolute Gasteiger partial charge is 0.395 e. The van der Waals surface area contributed by atoms with Crippen LogP contribution < -0.4 is 0 Å². The van der Waals surface area contributed by atoms with Gasteiger partial charge in [-0.3, -0.25) is 9.59 Å². The van der Waals surface area contributed by atoms with Gasteiger partial charge >= 0.3 is 0 Å². The maximum atomic E-state index is 12.3. The number of carbonyl (C=O) groups is 2. The lowest BCUT2D eigenvalue weighted by atomic mass is 9.51. The van der Waals surface area contributed by atoms with Crippen LogP contribution in [0, 0.1) is 22.7 Å². The Morgan fingerprint density at radius 1 is 1.18 bits per heavy atom. The van der Waals surface area contributed by atoms with Crippen molar-refractivity contribution >= 4 is 11.6 Å². The molecule has 4 rings (SSSR count). The molecule has 0 saturated heterocycles. The fourth-order valence-corrected chi connectivity index (χ4v) is 5.75. The van der Waals surface area contributed by atoms with Crippen LogP contribution >= 0.6 is 0 Å². The van der Waals surface area contributed by atoms with Crippen molar-refractivity contribution < 1.29 is 14.7 Å². The summed E-state index contributed by atoms with van der Waals surface area (Å²) >= 11 is 0. The summed E-state index contributed by atoms with van der Waals surface area (Å²) in [6, 6.07) is 0. The zero-order valence-corrected chi connectivity index (χ0v) is 13.2. The number of hydrogen-bond acceptors (Lipinski definition) is 3. The van der Waals surface area contributed by atoms with Crippen LogP contribution in [0.25, 0.3) is 0 Å². The molecule has 0 aromatic carbocycles. The number of rotatable bonds is 1. The molecular formula is C19H24O3. The van der Waals surface area contributed by atoms with E-state index in [4.69, 9.17) is 0 Å². The Morgan fingerprint density at radius 2 is 2.00 bits per heavy atom. The summed E-state index contributed by atoms with van der Waals surface area (Å²) in [5, 5.41) is 10.2. The molecule has 4 aliphatic carbocycles. The maximum Gasteiger partial charge on any atom is 0.155 e. The summed E-state index contributed by atoms with van der Waals surface area (Å²) < 4.78 is 0. The quantitative estimate of drug-likeness (QED) is 0.757. The number of allylic oxidation sites excluding steroid dienone is 3. The number of aliphatic hydroxyl groups is 1. The normalized spacial score (nSPS) is 43.9. The number of Topliss-reactive ketones (excluding diaryl/α,β-unsaturated/α-hetero) is 1. The first-order valence-corrected chi connectivity index (χ1v) is 8.59. The van der Waals surface area contributed by atoms with Crippen molar-refractivity contribution in [3.63, 3.8) is 0 Å². The van der Waals surface area contributed by atoms with E-state index in [0.717, 1.165) is 37.7 Å². The number of aliphatic hydroxyl groups excluding tert-OH is 1. The minimum atomic E-state index is -0.231. The molecule has 0 aromatic heterocycles. The Morgan fingerprint density at radius 3 is 2.77 bits per heavy atom. The van der Waals surface area contributed by atoms with E-state index in [2.05, 4.69) is 13.0 Å². The fraction of sp³-hybridized carbons (Fsp3) is 0.684. The second-order valence-electron chi connectivity index (χ2n) is 7.88. The van der Waals surface area contributed by atoms with E-state index in [9.17, 15) is 14.7 Å². The van der Waals surface area contributed by atoms with E-state index in [1.807, 2.05) is 0 Å². The van der Waals surface area contributed by atoms with Gasteiger partial charge in [0.15, 0.2) is 5.78 Å². The Kier molecular flexibility index (Phi) is 3.03. The van der Waals surface area contributed by atoms with Crippen LogP contribution in [-0.4, -0.2) is 23.3 Å². The van der Waals surface area contributed by atoms with Crippen molar-refractivity contribution in [1.29, 1.82) is 0 Å². The lowest BCUT2D eigenvalue weighted by Crippen LogP contribution is -2.48. The molecular weight excluding hydrogens is 276 g/mol. The van der Waals surface area contributed by atoms with E-state index in [1.54, 1.807) is 6.08 Å². The zero-order valence-electron chi connectivity index (χ0n) is 13.2. The monoisotopic (exact) mass is 300 g/mol. The highest BCUT2D eigenvalue weighted by atomic mass is 16.3. The number of fused-ring (bicyclic) bond motifs is 5. The van der Waals surface area contributed by atoms with Crippen LogP contribution in [-0.2, 0) is 9.59 Å². The van der Waals surface area contributed by atoms with Crippen LogP contribution in [0.4, 0.5) is 0 Å². The molecule has 0 amide bonds. The molecule has 118 valence electrons. The first-order valence-electron chi connectivity index (χ1n) is 8.59. The standard InChI is InChI=1S/C19H24O3/c1-18-8-7-16-14(15(18)4-5-17(18)22)3-2-12-10-13(21)6-9-19(12,16)11-20/h3,10,15-16,20H,2,4-9,11H2,1H3/t15-,16-,18-,19+/m0/s1. The van der Waals surface area contributed by atoms with Gasteiger partial charge in [0.1, 0.15) is 5.78 Å². The van der Waals surface area contributed by atoms with E-state index < -0.39 is 0 Å². The Balaban J connectivity index is 1.79. The minimum Gasteiger partial charge on any atom is -0.395 e. The molecule has 0 heterocycles. The molecule has 3 heteroatoms. The molecule has 22 heavy (non-hydrogen) atoms. The van der Waals surface area contributed by atoms with Crippen LogP contribution in [0.2, 0.25) is 0 Å². The van der Waals surface area contributed by atoms with Gasteiger partial charge in [0.25, 0.3) is 0 Å². The Hall–Kier alpha value is -1.22. The molecule has 2 fully saturated rings. The van der Waals surface area contributed by atoms with Crippen LogP contribution in [0.15, 0.2) is 23.3 Å². The topological polar surface area (TPSA) is 54.4 Å². The van der Waals surface area contributed by atoms with Crippen molar-refractivity contribution in [3.05, 3.63) is 23.3 Å². The summed E-state index contributed by atoms with van der Waals surface area (Å²) in [7, 11) is 0. The van der Waals surface area contributed by atoms with E-state index >= 15 is 0 Å². The summed E-state index contributed by atoms with van der Waals surface area (Å²) in [4.78, 5) is 24.1. The molecule has 3 nitrogen and oxygen atoms in total. The van der Waals surface area contributed by atoms with Gasteiger partial charge in [-0.05, 0) is 50.0 Å². The van der Waals surface area contributed by atoms with Crippen molar-refractivity contribution in [1.82, 2.24) is 0 Å². The van der Waals surface area contributed by atoms with Crippen molar-refractivity contribution in [2.24, 2.45) is 22.7 Å². The SMILES string of the molecule is C[C@]12CC[C@H]3C(=CCC4=CC(=O)CC[C@@]43CO)[C@@H]1CCC2=O. The highest BCUT2D eigenvalue weighted by Crippen LogP contribution is 2.62. The molecule has 0 unspecified atom stereocenters. The lowest BCUT2D eigenvalue weighted by Gasteiger charge is -2.53. The first kappa shape index (κ1) is 14.4. The van der Waals surface area contributed by atoms with Gasteiger partial charge in [0, 0.05) is 23.7 Å². The third-order valence-corrected chi connectivity index (χ3v) is 7.12. The highest BCUT2D eigenvalue weighted by Gasteiger charge is 2.57. The number of hydrogen-bond donors (Lipinski definition) is 1. The predicted octanol–water partition coefficient (Wildman–Crippen LogP) is 2.98. The second-order valence-corrected chi connectivity index (χ2v) is 7.88. The Labute approximate surface area is 131 Å². The van der Waals surface area contributed by atoms with Gasteiger partial charge in [-0.1, -0.05) is 24.1 Å². The first-order chi connectivity index (χ1) is 10.5. The molecule has 0 aromatic rings. The van der Waals surface area contributed by atoms with Gasteiger partial charge in [-0.2, -0.15) is 0 Å². The minimum absolute atomic E-state index is 0.130. The van der Waals surface area contributed by atoms with E-state index in [-0.39, 0.29) is 23.2 Å². The third kappa shape index (κ3) is 1.66.